The van der Waals surface area contributed by atoms with E-state index in [4.69, 9.17) is 14.2 Å². The molecule has 3 aromatic rings. The molecule has 0 atom stereocenters. The Kier molecular flexibility index (Phi) is 4.94. The molecule has 0 aliphatic rings. The minimum absolute atomic E-state index is 0.336. The quantitative estimate of drug-likeness (QED) is 0.601. The molecular weight excluding hydrogens is 388 g/mol. The van der Waals surface area contributed by atoms with Gasteiger partial charge in [0.2, 0.25) is 0 Å². The van der Waals surface area contributed by atoms with E-state index in [1.807, 2.05) is 24.4 Å². The third-order valence-electron chi connectivity index (χ3n) is 3.73. The molecule has 0 unspecified atom stereocenters. The van der Waals surface area contributed by atoms with Gasteiger partial charge < -0.3 is 14.2 Å². The molecule has 0 fully saturated rings. The second-order valence-electron chi connectivity index (χ2n) is 5.20. The van der Waals surface area contributed by atoms with Crippen LogP contribution in [-0.2, 0) is 4.74 Å². The molecule has 0 bridgehead atoms. The summed E-state index contributed by atoms with van der Waals surface area (Å²) in [5.41, 5.74) is 2.09. The molecule has 0 saturated heterocycles. The summed E-state index contributed by atoms with van der Waals surface area (Å²) in [4.78, 5) is 11.7. The zero-order chi connectivity index (χ0) is 18.0. The largest absolute Gasteiger partial charge is 0.493 e. The van der Waals surface area contributed by atoms with Gasteiger partial charge in [-0.15, -0.1) is 0 Å². The van der Waals surface area contributed by atoms with Crippen LogP contribution in [0.15, 0.2) is 41.0 Å². The lowest BCUT2D eigenvalue weighted by Crippen LogP contribution is -2.04. The molecule has 2 aromatic carbocycles. The highest BCUT2D eigenvalue weighted by atomic mass is 79.9. The van der Waals surface area contributed by atoms with E-state index in [2.05, 4.69) is 21.0 Å². The Morgan fingerprint density at radius 2 is 1.92 bits per heavy atom. The second kappa shape index (κ2) is 7.14. The van der Waals surface area contributed by atoms with Gasteiger partial charge >= 0.3 is 5.97 Å². The molecule has 25 heavy (non-hydrogen) atoms. The molecule has 0 radical (unpaired) electrons. The molecule has 3 rings (SSSR count). The van der Waals surface area contributed by atoms with Crippen LogP contribution in [-0.4, -0.2) is 36.6 Å². The van der Waals surface area contributed by atoms with Crippen LogP contribution in [0.25, 0.3) is 16.6 Å². The van der Waals surface area contributed by atoms with Gasteiger partial charge in [0.1, 0.15) is 5.52 Å². The van der Waals surface area contributed by atoms with Crippen molar-refractivity contribution in [2.45, 2.75) is 6.92 Å². The average Bonchev–Trinajstić information content (AvgIpc) is 3.06. The minimum Gasteiger partial charge on any atom is -0.493 e. The van der Waals surface area contributed by atoms with Crippen molar-refractivity contribution in [3.8, 4) is 17.2 Å². The SMILES string of the molecule is CCOC(=O)c1ccc(-n2cc3cc(OC)c(OC)c(Br)c3n2)cc1. The summed E-state index contributed by atoms with van der Waals surface area (Å²) >= 11 is 3.53. The number of hydrogen-bond acceptors (Lipinski definition) is 5. The first-order chi connectivity index (χ1) is 12.1. The van der Waals surface area contributed by atoms with Crippen LogP contribution in [0.4, 0.5) is 0 Å². The Morgan fingerprint density at radius 1 is 1.20 bits per heavy atom. The van der Waals surface area contributed by atoms with Gasteiger partial charge in [-0.3, -0.25) is 0 Å². The van der Waals surface area contributed by atoms with Gasteiger partial charge in [-0.25, -0.2) is 9.48 Å². The van der Waals surface area contributed by atoms with E-state index >= 15 is 0 Å². The number of ether oxygens (including phenoxy) is 3. The molecule has 0 spiro atoms. The van der Waals surface area contributed by atoms with E-state index in [1.165, 1.54) is 0 Å². The fourth-order valence-electron chi connectivity index (χ4n) is 2.52. The molecule has 0 amide bonds. The first-order valence-corrected chi connectivity index (χ1v) is 8.45. The maximum absolute atomic E-state index is 11.7. The summed E-state index contributed by atoms with van der Waals surface area (Å²) < 4.78 is 18.2. The number of fused-ring (bicyclic) bond motifs is 1. The van der Waals surface area contributed by atoms with Gasteiger partial charge in [-0.05, 0) is 53.2 Å². The lowest BCUT2D eigenvalue weighted by Gasteiger charge is -2.09. The van der Waals surface area contributed by atoms with Gasteiger partial charge in [0.05, 0.1) is 36.6 Å². The number of hydrogen-bond donors (Lipinski definition) is 0. The standard InChI is InChI=1S/C18H17BrN2O4/c1-4-25-18(22)11-5-7-13(8-6-11)21-10-12-9-14(23-2)17(24-3)15(19)16(12)20-21/h5-10H,4H2,1-3H3. The van der Waals surface area contributed by atoms with Crippen LogP contribution in [0.5, 0.6) is 11.5 Å². The van der Waals surface area contributed by atoms with Crippen molar-refractivity contribution in [1.82, 2.24) is 9.78 Å². The Bertz CT molecular complexity index is 919. The number of rotatable bonds is 5. The second-order valence-corrected chi connectivity index (χ2v) is 6.00. The molecular formula is C18H17BrN2O4. The predicted octanol–water partition coefficient (Wildman–Crippen LogP) is 3.98. The van der Waals surface area contributed by atoms with E-state index in [0.717, 1.165) is 21.1 Å². The Labute approximate surface area is 153 Å². The average molecular weight is 405 g/mol. The molecule has 6 nitrogen and oxygen atoms in total. The molecule has 0 saturated carbocycles. The fourth-order valence-corrected chi connectivity index (χ4v) is 3.19. The van der Waals surface area contributed by atoms with Crippen molar-refractivity contribution in [3.63, 3.8) is 0 Å². The maximum Gasteiger partial charge on any atom is 0.338 e. The number of benzene rings is 2. The summed E-state index contributed by atoms with van der Waals surface area (Å²) in [5, 5.41) is 5.50. The van der Waals surface area contributed by atoms with E-state index in [1.54, 1.807) is 38.0 Å². The van der Waals surface area contributed by atoms with Crippen molar-refractivity contribution in [1.29, 1.82) is 0 Å². The van der Waals surface area contributed by atoms with Gasteiger partial charge in [0.15, 0.2) is 11.5 Å². The van der Waals surface area contributed by atoms with Crippen molar-refractivity contribution in [2.75, 3.05) is 20.8 Å². The van der Waals surface area contributed by atoms with Crippen LogP contribution in [0, 0.1) is 0 Å². The predicted molar refractivity (Wildman–Crippen MR) is 97.8 cm³/mol. The van der Waals surface area contributed by atoms with E-state index in [0.29, 0.717) is 23.7 Å². The minimum atomic E-state index is -0.336. The van der Waals surface area contributed by atoms with Crippen molar-refractivity contribution in [3.05, 3.63) is 46.6 Å². The van der Waals surface area contributed by atoms with Crippen LogP contribution >= 0.6 is 15.9 Å². The van der Waals surface area contributed by atoms with Crippen molar-refractivity contribution in [2.24, 2.45) is 0 Å². The molecule has 0 aliphatic carbocycles. The van der Waals surface area contributed by atoms with E-state index in [-0.39, 0.29) is 5.97 Å². The number of methoxy groups -OCH3 is 2. The normalized spacial score (nSPS) is 10.7. The number of carbonyl (C=O) groups is 1. The smallest absolute Gasteiger partial charge is 0.338 e. The van der Waals surface area contributed by atoms with Crippen molar-refractivity contribution >= 4 is 32.8 Å². The molecule has 0 aliphatic heterocycles. The van der Waals surface area contributed by atoms with Gasteiger partial charge in [-0.1, -0.05) is 0 Å². The third-order valence-corrected chi connectivity index (χ3v) is 4.46. The number of carbonyl (C=O) groups excluding carboxylic acids is 1. The van der Waals surface area contributed by atoms with Crippen molar-refractivity contribution < 1.29 is 19.0 Å². The highest BCUT2D eigenvalue weighted by Gasteiger charge is 2.16. The van der Waals surface area contributed by atoms with Gasteiger partial charge in [0, 0.05) is 11.6 Å². The van der Waals surface area contributed by atoms with Gasteiger partial charge in [0.25, 0.3) is 0 Å². The molecule has 7 heteroatoms. The number of halogens is 1. The molecule has 0 N–H and O–H groups in total. The van der Waals surface area contributed by atoms with Crippen LogP contribution in [0.1, 0.15) is 17.3 Å². The lowest BCUT2D eigenvalue weighted by molar-refractivity contribution is 0.0526. The summed E-state index contributed by atoms with van der Waals surface area (Å²) in [7, 11) is 3.17. The lowest BCUT2D eigenvalue weighted by atomic mass is 10.2. The Morgan fingerprint density at radius 3 is 2.52 bits per heavy atom. The maximum atomic E-state index is 11.7. The zero-order valence-corrected chi connectivity index (χ0v) is 15.7. The summed E-state index contributed by atoms with van der Waals surface area (Å²) in [5.74, 6) is 0.883. The Hall–Kier alpha value is -2.54. The van der Waals surface area contributed by atoms with E-state index < -0.39 is 0 Å². The molecule has 130 valence electrons. The van der Waals surface area contributed by atoms with Gasteiger partial charge in [-0.2, -0.15) is 5.10 Å². The monoisotopic (exact) mass is 404 g/mol. The number of aromatic nitrogens is 2. The molecule has 1 aromatic heterocycles. The summed E-state index contributed by atoms with van der Waals surface area (Å²) in [6.07, 6.45) is 1.89. The van der Waals surface area contributed by atoms with Crippen LogP contribution in [0.2, 0.25) is 0 Å². The first kappa shape index (κ1) is 17.3. The highest BCUT2D eigenvalue weighted by molar-refractivity contribution is 9.10. The van der Waals surface area contributed by atoms with E-state index in [9.17, 15) is 4.79 Å². The summed E-state index contributed by atoms with van der Waals surface area (Å²) in [6, 6.07) is 8.95. The third kappa shape index (κ3) is 3.19. The zero-order valence-electron chi connectivity index (χ0n) is 14.1. The van der Waals surface area contributed by atoms with Crippen LogP contribution < -0.4 is 9.47 Å². The number of esters is 1. The number of nitrogens with zero attached hydrogens (tertiary/aromatic N) is 2. The fraction of sp³-hybridized carbons (Fsp3) is 0.222. The molecule has 1 heterocycles. The topological polar surface area (TPSA) is 62.6 Å². The first-order valence-electron chi connectivity index (χ1n) is 7.66. The highest BCUT2D eigenvalue weighted by Crippen LogP contribution is 2.40. The summed E-state index contributed by atoms with van der Waals surface area (Å²) in [6.45, 7) is 2.13. The van der Waals surface area contributed by atoms with Crippen LogP contribution in [0.3, 0.4) is 0 Å². The Balaban J connectivity index is 2.02.